The maximum absolute atomic E-state index is 12.8. The standard InChI is InChI=1S/C22H24ClN3O3S/c1-16-5-3-4-6-20(16)22-24-21(17(2)29-22)15-25-11-13-26(14-12-25)30(27,28)19-9-7-18(23)8-10-19/h3-10H,11-15H2,1-2H3. The lowest BCUT2D eigenvalue weighted by molar-refractivity contribution is 0.179. The normalized spacial score (nSPS) is 16.1. The van der Waals surface area contributed by atoms with Gasteiger partial charge in [-0.05, 0) is 49.7 Å². The highest BCUT2D eigenvalue weighted by Crippen LogP contribution is 2.26. The Hall–Kier alpha value is -2.19. The molecule has 1 aromatic heterocycles. The molecule has 1 aliphatic rings. The predicted octanol–water partition coefficient (Wildman–Crippen LogP) is 4.12. The lowest BCUT2D eigenvalue weighted by Crippen LogP contribution is -2.48. The maximum atomic E-state index is 12.8. The number of hydrogen-bond donors (Lipinski definition) is 0. The Morgan fingerprint density at radius 2 is 1.67 bits per heavy atom. The molecule has 1 saturated heterocycles. The van der Waals surface area contributed by atoms with Gasteiger partial charge in [0.05, 0.1) is 10.6 Å². The van der Waals surface area contributed by atoms with E-state index in [-0.39, 0.29) is 4.90 Å². The summed E-state index contributed by atoms with van der Waals surface area (Å²) in [7, 11) is -3.51. The van der Waals surface area contributed by atoms with Gasteiger partial charge in [-0.1, -0.05) is 29.8 Å². The van der Waals surface area contributed by atoms with Crippen LogP contribution < -0.4 is 0 Å². The van der Waals surface area contributed by atoms with E-state index in [1.165, 1.54) is 4.31 Å². The smallest absolute Gasteiger partial charge is 0.243 e. The Morgan fingerprint density at radius 3 is 2.33 bits per heavy atom. The lowest BCUT2D eigenvalue weighted by atomic mass is 10.1. The second kappa shape index (κ2) is 8.51. The molecule has 2 heterocycles. The van der Waals surface area contributed by atoms with E-state index in [1.807, 2.05) is 38.1 Å². The zero-order chi connectivity index (χ0) is 21.3. The third-order valence-corrected chi connectivity index (χ3v) is 7.59. The molecule has 8 heteroatoms. The number of halogens is 1. The number of oxazole rings is 1. The minimum atomic E-state index is -3.51. The first-order chi connectivity index (χ1) is 14.3. The van der Waals surface area contributed by atoms with Crippen molar-refractivity contribution in [3.05, 3.63) is 70.6 Å². The van der Waals surface area contributed by atoms with Crippen LogP contribution >= 0.6 is 11.6 Å². The molecule has 0 amide bonds. The summed E-state index contributed by atoms with van der Waals surface area (Å²) < 4.78 is 33.1. The van der Waals surface area contributed by atoms with Crippen LogP contribution in [0.25, 0.3) is 11.5 Å². The SMILES string of the molecule is Cc1ccccc1-c1nc(CN2CCN(S(=O)(=O)c3ccc(Cl)cc3)CC2)c(C)o1. The van der Waals surface area contributed by atoms with E-state index in [2.05, 4.69) is 4.90 Å². The first-order valence-corrected chi connectivity index (χ1v) is 11.7. The fraction of sp³-hybridized carbons (Fsp3) is 0.318. The molecule has 2 aromatic carbocycles. The van der Waals surface area contributed by atoms with Crippen LogP contribution in [0.5, 0.6) is 0 Å². The highest BCUT2D eigenvalue weighted by atomic mass is 35.5. The van der Waals surface area contributed by atoms with Crippen molar-refractivity contribution in [3.63, 3.8) is 0 Å². The first kappa shape index (κ1) is 21.1. The van der Waals surface area contributed by atoms with Gasteiger partial charge in [0.1, 0.15) is 5.76 Å². The quantitative estimate of drug-likeness (QED) is 0.591. The number of aromatic nitrogens is 1. The van der Waals surface area contributed by atoms with Gasteiger partial charge in [-0.3, -0.25) is 4.90 Å². The molecule has 30 heavy (non-hydrogen) atoms. The Morgan fingerprint density at radius 1 is 1.00 bits per heavy atom. The summed E-state index contributed by atoms with van der Waals surface area (Å²) in [4.78, 5) is 7.19. The van der Waals surface area contributed by atoms with Crippen molar-refractivity contribution in [1.82, 2.24) is 14.2 Å². The van der Waals surface area contributed by atoms with Crippen LogP contribution in [0.2, 0.25) is 5.02 Å². The molecule has 0 bridgehead atoms. The van der Waals surface area contributed by atoms with Crippen LogP contribution in [0, 0.1) is 13.8 Å². The van der Waals surface area contributed by atoms with Crippen LogP contribution in [-0.2, 0) is 16.6 Å². The van der Waals surface area contributed by atoms with Crippen molar-refractivity contribution >= 4 is 21.6 Å². The van der Waals surface area contributed by atoms with Crippen LogP contribution in [0.4, 0.5) is 0 Å². The Labute approximate surface area is 182 Å². The van der Waals surface area contributed by atoms with E-state index < -0.39 is 10.0 Å². The van der Waals surface area contributed by atoms with Gasteiger partial charge in [-0.15, -0.1) is 0 Å². The third kappa shape index (κ3) is 4.30. The molecule has 1 fully saturated rings. The first-order valence-electron chi connectivity index (χ1n) is 9.85. The van der Waals surface area contributed by atoms with Gasteiger partial charge in [0.2, 0.25) is 15.9 Å². The maximum Gasteiger partial charge on any atom is 0.243 e. The van der Waals surface area contributed by atoms with E-state index in [9.17, 15) is 8.42 Å². The second-order valence-electron chi connectivity index (χ2n) is 7.47. The number of nitrogens with zero attached hydrogens (tertiary/aromatic N) is 3. The third-order valence-electron chi connectivity index (χ3n) is 5.42. The van der Waals surface area contributed by atoms with Crippen LogP contribution in [0.15, 0.2) is 57.8 Å². The summed E-state index contributed by atoms with van der Waals surface area (Å²) in [5, 5.41) is 0.520. The predicted molar refractivity (Wildman–Crippen MR) is 117 cm³/mol. The molecule has 6 nitrogen and oxygen atoms in total. The zero-order valence-electron chi connectivity index (χ0n) is 17.0. The van der Waals surface area contributed by atoms with Gasteiger partial charge in [-0.2, -0.15) is 4.31 Å². The molecule has 0 unspecified atom stereocenters. The van der Waals surface area contributed by atoms with Gasteiger partial charge in [0.15, 0.2) is 0 Å². The van der Waals surface area contributed by atoms with Crippen LogP contribution in [-0.4, -0.2) is 48.8 Å². The van der Waals surface area contributed by atoms with E-state index in [1.54, 1.807) is 24.3 Å². The van der Waals surface area contributed by atoms with Gasteiger partial charge in [0.25, 0.3) is 0 Å². The summed E-state index contributed by atoms with van der Waals surface area (Å²) in [6, 6.07) is 14.3. The number of rotatable bonds is 5. The number of piperazine rings is 1. The summed E-state index contributed by atoms with van der Waals surface area (Å²) >= 11 is 5.88. The van der Waals surface area contributed by atoms with Gasteiger partial charge >= 0.3 is 0 Å². The molecule has 0 radical (unpaired) electrons. The van der Waals surface area contributed by atoms with Gasteiger partial charge in [-0.25, -0.2) is 13.4 Å². The fourth-order valence-electron chi connectivity index (χ4n) is 3.60. The second-order valence-corrected chi connectivity index (χ2v) is 9.85. The van der Waals surface area contributed by atoms with E-state index in [0.717, 1.165) is 22.6 Å². The van der Waals surface area contributed by atoms with Crippen molar-refractivity contribution in [2.75, 3.05) is 26.2 Å². The molecule has 0 N–H and O–H groups in total. The monoisotopic (exact) mass is 445 g/mol. The lowest BCUT2D eigenvalue weighted by Gasteiger charge is -2.33. The molecule has 0 spiro atoms. The highest BCUT2D eigenvalue weighted by Gasteiger charge is 2.29. The topological polar surface area (TPSA) is 66.7 Å². The summed E-state index contributed by atoms with van der Waals surface area (Å²) in [5.41, 5.74) is 3.00. The highest BCUT2D eigenvalue weighted by molar-refractivity contribution is 7.89. The number of aryl methyl sites for hydroxylation is 2. The molecule has 0 saturated carbocycles. The van der Waals surface area contributed by atoms with Crippen molar-refractivity contribution in [2.24, 2.45) is 0 Å². The van der Waals surface area contributed by atoms with Crippen molar-refractivity contribution in [2.45, 2.75) is 25.3 Å². The van der Waals surface area contributed by atoms with Crippen molar-refractivity contribution in [1.29, 1.82) is 0 Å². The average molecular weight is 446 g/mol. The minimum Gasteiger partial charge on any atom is -0.441 e. The number of benzene rings is 2. The molecule has 0 aliphatic carbocycles. The number of sulfonamides is 1. The van der Waals surface area contributed by atoms with Crippen molar-refractivity contribution < 1.29 is 12.8 Å². The molecular formula is C22H24ClN3O3S. The Balaban J connectivity index is 1.42. The molecule has 1 aliphatic heterocycles. The van der Waals surface area contributed by atoms with E-state index >= 15 is 0 Å². The van der Waals surface area contributed by atoms with E-state index in [0.29, 0.717) is 43.6 Å². The van der Waals surface area contributed by atoms with Crippen LogP contribution in [0.3, 0.4) is 0 Å². The van der Waals surface area contributed by atoms with Gasteiger partial charge in [0, 0.05) is 43.3 Å². The largest absolute Gasteiger partial charge is 0.441 e. The van der Waals surface area contributed by atoms with Crippen molar-refractivity contribution in [3.8, 4) is 11.5 Å². The fourth-order valence-corrected chi connectivity index (χ4v) is 5.15. The van der Waals surface area contributed by atoms with E-state index in [4.69, 9.17) is 21.0 Å². The summed E-state index contributed by atoms with van der Waals surface area (Å²) in [6.07, 6.45) is 0. The Bertz CT molecular complexity index is 1130. The zero-order valence-corrected chi connectivity index (χ0v) is 18.6. The molecular weight excluding hydrogens is 422 g/mol. The minimum absolute atomic E-state index is 0.274. The summed E-state index contributed by atoms with van der Waals surface area (Å²) in [5.74, 6) is 1.43. The number of hydrogen-bond acceptors (Lipinski definition) is 5. The molecule has 158 valence electrons. The molecule has 4 rings (SSSR count). The van der Waals surface area contributed by atoms with Crippen LogP contribution in [0.1, 0.15) is 17.0 Å². The average Bonchev–Trinajstić information content (AvgIpc) is 3.09. The Kier molecular flexibility index (Phi) is 5.97. The van der Waals surface area contributed by atoms with Gasteiger partial charge < -0.3 is 4.42 Å². The summed E-state index contributed by atoms with van der Waals surface area (Å²) in [6.45, 7) is 6.74. The molecule has 3 aromatic rings. The molecule has 0 atom stereocenters.